The van der Waals surface area contributed by atoms with Crippen LogP contribution in [-0.4, -0.2) is 23.1 Å². The lowest BCUT2D eigenvalue weighted by atomic mass is 10.2. The number of carbonyl (C=O) groups excluding carboxylic acids is 1. The van der Waals surface area contributed by atoms with Gasteiger partial charge in [-0.3, -0.25) is 4.79 Å². The zero-order valence-electron chi connectivity index (χ0n) is 9.40. The summed E-state index contributed by atoms with van der Waals surface area (Å²) in [5, 5.41) is 21.7. The zero-order valence-corrected chi connectivity index (χ0v) is 9.40. The Balaban J connectivity index is 2.77. The van der Waals surface area contributed by atoms with Crippen molar-refractivity contribution in [3.05, 3.63) is 29.6 Å². The molecule has 1 aromatic carbocycles. The van der Waals surface area contributed by atoms with Gasteiger partial charge in [-0.05, 0) is 25.1 Å². The molecule has 0 bridgehead atoms. The first kappa shape index (κ1) is 13.4. The van der Waals surface area contributed by atoms with Crippen LogP contribution >= 0.6 is 0 Å². The van der Waals surface area contributed by atoms with Crippen LogP contribution in [0.25, 0.3) is 0 Å². The molecule has 7 heteroatoms. The van der Waals surface area contributed by atoms with Crippen molar-refractivity contribution in [2.45, 2.75) is 13.0 Å². The van der Waals surface area contributed by atoms with Crippen molar-refractivity contribution in [2.75, 3.05) is 5.32 Å². The molecule has 0 saturated heterocycles. The van der Waals surface area contributed by atoms with Crippen molar-refractivity contribution in [1.82, 2.24) is 5.32 Å². The molecule has 18 heavy (non-hydrogen) atoms. The molecular weight excluding hydrogens is 241 g/mol. The molecule has 0 heterocycles. The number of amides is 2. The van der Waals surface area contributed by atoms with Crippen LogP contribution in [0.1, 0.15) is 12.5 Å². The van der Waals surface area contributed by atoms with Gasteiger partial charge < -0.3 is 15.7 Å². The van der Waals surface area contributed by atoms with E-state index in [1.807, 2.05) is 0 Å². The van der Waals surface area contributed by atoms with Gasteiger partial charge in [0.05, 0.1) is 11.3 Å². The second-order valence-corrected chi connectivity index (χ2v) is 3.46. The van der Waals surface area contributed by atoms with Crippen molar-refractivity contribution in [2.24, 2.45) is 0 Å². The molecule has 1 rings (SSSR count). The number of benzene rings is 1. The van der Waals surface area contributed by atoms with Gasteiger partial charge in [0.1, 0.15) is 17.9 Å². The third-order valence-electron chi connectivity index (χ3n) is 2.07. The maximum atomic E-state index is 12.8. The largest absolute Gasteiger partial charge is 0.480 e. The number of aliphatic carboxylic acids is 1. The number of anilines is 1. The Morgan fingerprint density at radius 3 is 2.72 bits per heavy atom. The minimum atomic E-state index is -1.19. The molecule has 0 fully saturated rings. The van der Waals surface area contributed by atoms with Gasteiger partial charge in [-0.15, -0.1) is 0 Å². The van der Waals surface area contributed by atoms with Crippen LogP contribution < -0.4 is 10.6 Å². The molecule has 3 N–H and O–H groups in total. The van der Waals surface area contributed by atoms with E-state index in [9.17, 15) is 14.0 Å². The number of nitriles is 1. The highest BCUT2D eigenvalue weighted by Crippen LogP contribution is 2.15. The van der Waals surface area contributed by atoms with Crippen molar-refractivity contribution < 1.29 is 19.1 Å². The Morgan fingerprint density at radius 1 is 1.50 bits per heavy atom. The molecule has 1 unspecified atom stereocenters. The van der Waals surface area contributed by atoms with E-state index < -0.39 is 23.9 Å². The fourth-order valence-corrected chi connectivity index (χ4v) is 1.13. The smallest absolute Gasteiger partial charge is 0.325 e. The molecule has 0 spiro atoms. The highest BCUT2D eigenvalue weighted by Gasteiger charge is 2.14. The highest BCUT2D eigenvalue weighted by atomic mass is 19.1. The van der Waals surface area contributed by atoms with Gasteiger partial charge in [0.25, 0.3) is 0 Å². The third-order valence-corrected chi connectivity index (χ3v) is 2.07. The summed E-state index contributed by atoms with van der Waals surface area (Å²) >= 11 is 0. The standard InChI is InChI=1S/C11H10FN3O3/c1-6(10(16)17)14-11(18)15-9-3-2-8(12)4-7(9)5-13/h2-4,6H,1H3,(H,16,17)(H2,14,15,18). The molecule has 1 aromatic rings. The molecule has 6 nitrogen and oxygen atoms in total. The van der Waals surface area contributed by atoms with Crippen LogP contribution in [0.15, 0.2) is 18.2 Å². The van der Waals surface area contributed by atoms with Gasteiger partial charge in [-0.25, -0.2) is 9.18 Å². The first-order valence-electron chi connectivity index (χ1n) is 4.94. The Labute approximate surface area is 102 Å². The summed E-state index contributed by atoms with van der Waals surface area (Å²) in [4.78, 5) is 21.9. The molecule has 0 radical (unpaired) electrons. The average Bonchev–Trinajstić information content (AvgIpc) is 2.31. The topological polar surface area (TPSA) is 102 Å². The summed E-state index contributed by atoms with van der Waals surface area (Å²) in [6.07, 6.45) is 0. The van der Waals surface area contributed by atoms with E-state index in [0.29, 0.717) is 0 Å². The van der Waals surface area contributed by atoms with E-state index in [1.54, 1.807) is 6.07 Å². The SMILES string of the molecule is CC(NC(=O)Nc1ccc(F)cc1C#N)C(=O)O. The van der Waals surface area contributed by atoms with Crippen LogP contribution in [0.3, 0.4) is 0 Å². The first-order chi connectivity index (χ1) is 8.43. The van der Waals surface area contributed by atoms with Crippen molar-refractivity contribution >= 4 is 17.7 Å². The second-order valence-electron chi connectivity index (χ2n) is 3.46. The summed E-state index contributed by atoms with van der Waals surface area (Å²) in [5.74, 6) is -1.79. The predicted octanol–water partition coefficient (Wildman–Crippen LogP) is 1.29. The van der Waals surface area contributed by atoms with E-state index >= 15 is 0 Å². The first-order valence-corrected chi connectivity index (χ1v) is 4.94. The minimum absolute atomic E-state index is 0.0480. The quantitative estimate of drug-likeness (QED) is 0.753. The number of carboxylic acid groups (broad SMARTS) is 1. The second kappa shape index (κ2) is 5.63. The van der Waals surface area contributed by atoms with Crippen LogP contribution in [-0.2, 0) is 4.79 Å². The van der Waals surface area contributed by atoms with Crippen LogP contribution in [0.5, 0.6) is 0 Å². The highest BCUT2D eigenvalue weighted by molar-refractivity contribution is 5.93. The number of hydrogen-bond acceptors (Lipinski definition) is 3. The number of hydrogen-bond donors (Lipinski definition) is 3. The van der Waals surface area contributed by atoms with Gasteiger partial charge in [-0.1, -0.05) is 0 Å². The Hall–Kier alpha value is -2.62. The van der Waals surface area contributed by atoms with Crippen LogP contribution in [0, 0.1) is 17.1 Å². The molecule has 0 saturated carbocycles. The predicted molar refractivity (Wildman–Crippen MR) is 60.4 cm³/mol. The molecule has 2 amide bonds. The normalized spacial score (nSPS) is 11.2. The van der Waals surface area contributed by atoms with E-state index in [2.05, 4.69) is 10.6 Å². The minimum Gasteiger partial charge on any atom is -0.480 e. The van der Waals surface area contributed by atoms with Gasteiger partial charge >= 0.3 is 12.0 Å². The fraction of sp³-hybridized carbons (Fsp3) is 0.182. The van der Waals surface area contributed by atoms with Crippen molar-refractivity contribution in [3.8, 4) is 6.07 Å². The molecule has 0 aliphatic rings. The van der Waals surface area contributed by atoms with E-state index in [0.717, 1.165) is 12.1 Å². The number of halogens is 1. The average molecular weight is 251 g/mol. The Bertz CT molecular complexity index is 525. The summed E-state index contributed by atoms with van der Waals surface area (Å²) < 4.78 is 12.8. The monoisotopic (exact) mass is 251 g/mol. The maximum Gasteiger partial charge on any atom is 0.325 e. The molecule has 0 aliphatic heterocycles. The lowest BCUT2D eigenvalue weighted by Gasteiger charge is -2.11. The van der Waals surface area contributed by atoms with Crippen LogP contribution in [0.2, 0.25) is 0 Å². The zero-order chi connectivity index (χ0) is 13.7. The Kier molecular flexibility index (Phi) is 4.21. The molecule has 0 aromatic heterocycles. The lowest BCUT2D eigenvalue weighted by molar-refractivity contribution is -0.138. The van der Waals surface area contributed by atoms with Gasteiger partial charge in [0.15, 0.2) is 0 Å². The maximum absolute atomic E-state index is 12.8. The number of carbonyl (C=O) groups is 2. The summed E-state index contributed by atoms with van der Waals surface area (Å²) in [7, 11) is 0. The third kappa shape index (κ3) is 3.45. The van der Waals surface area contributed by atoms with Crippen molar-refractivity contribution in [3.63, 3.8) is 0 Å². The molecular formula is C11H10FN3O3. The lowest BCUT2D eigenvalue weighted by Crippen LogP contribution is -2.40. The fourth-order valence-electron chi connectivity index (χ4n) is 1.13. The number of nitrogens with one attached hydrogen (secondary N) is 2. The number of rotatable bonds is 3. The molecule has 1 atom stereocenters. The summed E-state index contributed by atoms with van der Waals surface area (Å²) in [6.45, 7) is 1.29. The number of nitrogens with zero attached hydrogens (tertiary/aromatic N) is 1. The van der Waals surface area contributed by atoms with Crippen molar-refractivity contribution in [1.29, 1.82) is 5.26 Å². The van der Waals surface area contributed by atoms with E-state index in [4.69, 9.17) is 10.4 Å². The van der Waals surface area contributed by atoms with Gasteiger partial charge in [-0.2, -0.15) is 5.26 Å². The summed E-state index contributed by atoms with van der Waals surface area (Å²) in [5.41, 5.74) is 0.0575. The molecule has 94 valence electrons. The van der Waals surface area contributed by atoms with Crippen LogP contribution in [0.4, 0.5) is 14.9 Å². The molecule has 0 aliphatic carbocycles. The van der Waals surface area contributed by atoms with E-state index in [-0.39, 0.29) is 11.3 Å². The van der Waals surface area contributed by atoms with Gasteiger partial charge in [0, 0.05) is 0 Å². The van der Waals surface area contributed by atoms with Gasteiger partial charge in [0.2, 0.25) is 0 Å². The Morgan fingerprint density at radius 2 is 2.17 bits per heavy atom. The summed E-state index contributed by atoms with van der Waals surface area (Å²) in [6, 6.07) is 3.13. The number of urea groups is 1. The van der Waals surface area contributed by atoms with E-state index in [1.165, 1.54) is 13.0 Å². The number of carboxylic acids is 1.